The van der Waals surface area contributed by atoms with Gasteiger partial charge in [-0.1, -0.05) is 12.1 Å². The normalized spacial score (nSPS) is 10.1. The van der Waals surface area contributed by atoms with Crippen LogP contribution in [0.5, 0.6) is 0 Å². The van der Waals surface area contributed by atoms with Gasteiger partial charge in [-0.25, -0.2) is 4.98 Å². The summed E-state index contributed by atoms with van der Waals surface area (Å²) >= 11 is 0. The maximum atomic E-state index is 11.2. The van der Waals surface area contributed by atoms with E-state index in [4.69, 9.17) is 5.73 Å². The van der Waals surface area contributed by atoms with Gasteiger partial charge in [-0.15, -0.1) is 0 Å². The SMILES string of the molecule is Nc1cc(=O)[nH]c(-c2ccccc2[N+](=O)[O-])n1. The van der Waals surface area contributed by atoms with Gasteiger partial charge in [0.15, 0.2) is 0 Å². The first-order valence-electron chi connectivity index (χ1n) is 4.68. The van der Waals surface area contributed by atoms with Gasteiger partial charge in [-0.05, 0) is 6.07 Å². The molecule has 0 unspecified atom stereocenters. The molecule has 0 aliphatic carbocycles. The Kier molecular flexibility index (Phi) is 2.57. The van der Waals surface area contributed by atoms with Crippen LogP contribution in [0.3, 0.4) is 0 Å². The van der Waals surface area contributed by atoms with Crippen molar-refractivity contribution in [3.05, 3.63) is 50.8 Å². The minimum atomic E-state index is -0.543. The second-order valence-electron chi connectivity index (χ2n) is 3.29. The van der Waals surface area contributed by atoms with Gasteiger partial charge < -0.3 is 10.7 Å². The molecule has 3 N–H and O–H groups in total. The van der Waals surface area contributed by atoms with Crippen LogP contribution in [0.15, 0.2) is 35.1 Å². The van der Waals surface area contributed by atoms with E-state index in [0.717, 1.165) is 6.07 Å². The molecule has 0 aliphatic rings. The van der Waals surface area contributed by atoms with Gasteiger partial charge in [0.2, 0.25) is 0 Å². The average Bonchev–Trinajstić information content (AvgIpc) is 2.27. The van der Waals surface area contributed by atoms with Crippen LogP contribution in [-0.4, -0.2) is 14.9 Å². The van der Waals surface area contributed by atoms with Crippen molar-refractivity contribution in [1.29, 1.82) is 0 Å². The topological polar surface area (TPSA) is 115 Å². The van der Waals surface area contributed by atoms with Crippen LogP contribution >= 0.6 is 0 Å². The molecule has 2 aromatic rings. The number of nitrogens with one attached hydrogen (secondary N) is 1. The van der Waals surface area contributed by atoms with Crippen molar-refractivity contribution >= 4 is 11.5 Å². The van der Waals surface area contributed by atoms with Gasteiger partial charge >= 0.3 is 0 Å². The summed E-state index contributed by atoms with van der Waals surface area (Å²) in [5, 5.41) is 10.8. The molecular formula is C10H8N4O3. The molecule has 86 valence electrons. The van der Waals surface area contributed by atoms with E-state index in [1.165, 1.54) is 18.2 Å². The van der Waals surface area contributed by atoms with E-state index in [1.54, 1.807) is 6.07 Å². The van der Waals surface area contributed by atoms with Gasteiger partial charge in [0.25, 0.3) is 11.2 Å². The first kappa shape index (κ1) is 10.8. The van der Waals surface area contributed by atoms with Gasteiger partial charge in [-0.3, -0.25) is 14.9 Å². The highest BCUT2D eigenvalue weighted by Crippen LogP contribution is 2.26. The number of nitro groups is 1. The summed E-state index contributed by atoms with van der Waals surface area (Å²) in [5.74, 6) is 0.101. The molecule has 0 spiro atoms. The Bertz CT molecular complexity index is 635. The smallest absolute Gasteiger partial charge is 0.280 e. The summed E-state index contributed by atoms with van der Waals surface area (Å²) in [7, 11) is 0. The van der Waals surface area contributed by atoms with Crippen LogP contribution in [0.2, 0.25) is 0 Å². The van der Waals surface area contributed by atoms with E-state index in [0.29, 0.717) is 0 Å². The number of aromatic nitrogens is 2. The summed E-state index contributed by atoms with van der Waals surface area (Å²) in [4.78, 5) is 27.8. The van der Waals surface area contributed by atoms with Gasteiger partial charge in [0.1, 0.15) is 11.6 Å². The second kappa shape index (κ2) is 4.05. The zero-order valence-corrected chi connectivity index (χ0v) is 8.58. The minimum absolute atomic E-state index is 0.0156. The summed E-state index contributed by atoms with van der Waals surface area (Å²) in [5.41, 5.74) is 5.06. The largest absolute Gasteiger partial charge is 0.383 e. The molecular weight excluding hydrogens is 224 g/mol. The molecule has 7 heteroatoms. The molecule has 0 amide bonds. The monoisotopic (exact) mass is 232 g/mol. The Morgan fingerprint density at radius 1 is 1.35 bits per heavy atom. The number of nitrogen functional groups attached to an aromatic ring is 1. The van der Waals surface area contributed by atoms with Crippen LogP contribution in [-0.2, 0) is 0 Å². The Hall–Kier alpha value is -2.70. The van der Waals surface area contributed by atoms with Crippen molar-refractivity contribution < 1.29 is 4.92 Å². The van der Waals surface area contributed by atoms with Crippen LogP contribution in [0.4, 0.5) is 11.5 Å². The third-order valence-corrected chi connectivity index (χ3v) is 2.12. The third kappa shape index (κ3) is 2.12. The van der Waals surface area contributed by atoms with Crippen LogP contribution in [0.25, 0.3) is 11.4 Å². The fraction of sp³-hybridized carbons (Fsp3) is 0. The lowest BCUT2D eigenvalue weighted by molar-refractivity contribution is -0.384. The highest BCUT2D eigenvalue weighted by Gasteiger charge is 2.16. The maximum Gasteiger partial charge on any atom is 0.280 e. The number of hydrogen-bond acceptors (Lipinski definition) is 5. The molecule has 0 fully saturated rings. The maximum absolute atomic E-state index is 11.2. The number of para-hydroxylation sites is 1. The van der Waals surface area contributed by atoms with E-state index >= 15 is 0 Å². The lowest BCUT2D eigenvalue weighted by atomic mass is 10.1. The van der Waals surface area contributed by atoms with Crippen molar-refractivity contribution in [2.75, 3.05) is 5.73 Å². The van der Waals surface area contributed by atoms with Crippen molar-refractivity contribution in [3.8, 4) is 11.4 Å². The van der Waals surface area contributed by atoms with E-state index in [-0.39, 0.29) is 22.9 Å². The highest BCUT2D eigenvalue weighted by atomic mass is 16.6. The standard InChI is InChI=1S/C10H8N4O3/c11-8-5-9(15)13-10(12-8)6-3-1-2-4-7(6)14(16)17/h1-5H,(H3,11,12,13,15). The molecule has 0 saturated heterocycles. The molecule has 17 heavy (non-hydrogen) atoms. The number of anilines is 1. The molecule has 7 nitrogen and oxygen atoms in total. The summed E-state index contributed by atoms with van der Waals surface area (Å²) in [6, 6.07) is 7.09. The lowest BCUT2D eigenvalue weighted by Gasteiger charge is -2.02. The molecule has 0 radical (unpaired) electrons. The Morgan fingerprint density at radius 2 is 2.06 bits per heavy atom. The van der Waals surface area contributed by atoms with Crippen LogP contribution in [0.1, 0.15) is 0 Å². The van der Waals surface area contributed by atoms with E-state index in [9.17, 15) is 14.9 Å². The molecule has 0 atom stereocenters. The summed E-state index contributed by atoms with van der Waals surface area (Å²) in [6.07, 6.45) is 0. The Labute approximate surface area is 95.1 Å². The Balaban J connectivity index is 2.68. The first-order valence-corrected chi connectivity index (χ1v) is 4.68. The fourth-order valence-corrected chi connectivity index (χ4v) is 1.44. The molecule has 2 rings (SSSR count). The molecule has 0 saturated carbocycles. The predicted molar refractivity (Wildman–Crippen MR) is 61.4 cm³/mol. The summed E-state index contributed by atoms with van der Waals surface area (Å²) in [6.45, 7) is 0. The quantitative estimate of drug-likeness (QED) is 0.590. The lowest BCUT2D eigenvalue weighted by Crippen LogP contribution is -2.10. The number of aromatic amines is 1. The number of rotatable bonds is 2. The molecule has 1 heterocycles. The van der Waals surface area contributed by atoms with Gasteiger partial charge in [-0.2, -0.15) is 0 Å². The highest BCUT2D eigenvalue weighted by molar-refractivity contribution is 5.68. The van der Waals surface area contributed by atoms with E-state index < -0.39 is 10.5 Å². The number of nitro benzene ring substituents is 1. The van der Waals surface area contributed by atoms with Crippen molar-refractivity contribution in [1.82, 2.24) is 9.97 Å². The number of nitrogens with zero attached hydrogens (tertiary/aromatic N) is 2. The van der Waals surface area contributed by atoms with Crippen LogP contribution in [0, 0.1) is 10.1 Å². The first-order chi connectivity index (χ1) is 8.08. The van der Waals surface area contributed by atoms with E-state index in [1.807, 2.05) is 0 Å². The van der Waals surface area contributed by atoms with Crippen LogP contribution < -0.4 is 11.3 Å². The van der Waals surface area contributed by atoms with Crippen molar-refractivity contribution in [2.24, 2.45) is 0 Å². The third-order valence-electron chi connectivity index (χ3n) is 2.12. The molecule has 1 aromatic carbocycles. The molecule has 0 aliphatic heterocycles. The van der Waals surface area contributed by atoms with Gasteiger partial charge in [0, 0.05) is 12.1 Å². The zero-order chi connectivity index (χ0) is 12.4. The van der Waals surface area contributed by atoms with Gasteiger partial charge in [0.05, 0.1) is 10.5 Å². The molecule has 0 bridgehead atoms. The minimum Gasteiger partial charge on any atom is -0.383 e. The summed E-state index contributed by atoms with van der Waals surface area (Å²) < 4.78 is 0. The van der Waals surface area contributed by atoms with Crippen molar-refractivity contribution in [2.45, 2.75) is 0 Å². The number of hydrogen-bond donors (Lipinski definition) is 2. The second-order valence-corrected chi connectivity index (χ2v) is 3.29. The average molecular weight is 232 g/mol. The molecule has 1 aromatic heterocycles. The Morgan fingerprint density at radius 3 is 2.71 bits per heavy atom. The number of H-pyrrole nitrogens is 1. The zero-order valence-electron chi connectivity index (χ0n) is 8.58. The number of nitrogens with two attached hydrogens (primary N) is 1. The van der Waals surface area contributed by atoms with E-state index in [2.05, 4.69) is 9.97 Å². The fourth-order valence-electron chi connectivity index (χ4n) is 1.44. The van der Waals surface area contributed by atoms with Crippen molar-refractivity contribution in [3.63, 3.8) is 0 Å². The predicted octanol–water partition coefficient (Wildman–Crippen LogP) is 0.927. The number of benzene rings is 1.